The predicted molar refractivity (Wildman–Crippen MR) is 62.1 cm³/mol. The van der Waals surface area contributed by atoms with Crippen molar-refractivity contribution in [3.63, 3.8) is 0 Å². The van der Waals surface area contributed by atoms with Crippen LogP contribution in [0.1, 0.15) is 37.5 Å². The maximum absolute atomic E-state index is 6.03. The number of hydrogen-bond donors (Lipinski definition) is 0. The highest BCUT2D eigenvalue weighted by Gasteiger charge is 2.50. The Hall–Kier alpha value is -0.860. The summed E-state index contributed by atoms with van der Waals surface area (Å²) in [5.74, 6) is 0. The third kappa shape index (κ3) is 1.40. The molecule has 0 spiro atoms. The highest BCUT2D eigenvalue weighted by Crippen LogP contribution is 2.55. The van der Waals surface area contributed by atoms with Crippen LogP contribution in [0.4, 0.5) is 0 Å². The first-order chi connectivity index (χ1) is 7.73. The molecule has 1 aromatic rings. The maximum atomic E-state index is 6.03. The van der Waals surface area contributed by atoms with Gasteiger partial charge >= 0.3 is 0 Å². The van der Waals surface area contributed by atoms with Crippen molar-refractivity contribution in [3.05, 3.63) is 35.4 Å². The van der Waals surface area contributed by atoms with Gasteiger partial charge in [-0.05, 0) is 24.5 Å². The third-order valence-electron chi connectivity index (χ3n) is 3.84. The fraction of sp³-hybridized carbons (Fsp3) is 0.571. The smallest absolute Gasteiger partial charge is 0.159 e. The first-order valence-electron chi connectivity index (χ1n) is 6.08. The Labute approximate surface area is 96.6 Å². The average Bonchev–Trinajstić information content (AvgIpc) is 2.68. The van der Waals surface area contributed by atoms with E-state index in [4.69, 9.17) is 9.47 Å². The molecule has 1 fully saturated rings. The molecule has 0 saturated carbocycles. The van der Waals surface area contributed by atoms with E-state index in [9.17, 15) is 0 Å². The van der Waals surface area contributed by atoms with Crippen molar-refractivity contribution in [2.45, 2.75) is 39.1 Å². The lowest BCUT2D eigenvalue weighted by Gasteiger charge is -2.20. The van der Waals surface area contributed by atoms with Crippen LogP contribution in [0, 0.1) is 5.41 Å². The van der Waals surface area contributed by atoms with Gasteiger partial charge in [-0.1, -0.05) is 31.2 Å². The van der Waals surface area contributed by atoms with Gasteiger partial charge in [0.2, 0.25) is 0 Å². The molecule has 1 aliphatic carbocycles. The molecule has 0 radical (unpaired) electrons. The topological polar surface area (TPSA) is 18.5 Å². The second kappa shape index (κ2) is 3.57. The molecule has 3 atom stereocenters. The first kappa shape index (κ1) is 10.3. The lowest BCUT2D eigenvalue weighted by molar-refractivity contribution is -0.132. The van der Waals surface area contributed by atoms with Crippen LogP contribution in [0.3, 0.4) is 0 Å². The molecule has 1 heterocycles. The third-order valence-corrected chi connectivity index (χ3v) is 3.84. The van der Waals surface area contributed by atoms with E-state index in [-0.39, 0.29) is 17.8 Å². The summed E-state index contributed by atoms with van der Waals surface area (Å²) in [4.78, 5) is 0. The summed E-state index contributed by atoms with van der Waals surface area (Å²) in [6.45, 7) is 5.07. The Morgan fingerprint density at radius 2 is 2.25 bits per heavy atom. The maximum Gasteiger partial charge on any atom is 0.159 e. The van der Waals surface area contributed by atoms with Crippen molar-refractivity contribution in [1.29, 1.82) is 0 Å². The molecule has 1 aromatic carbocycles. The lowest BCUT2D eigenvalue weighted by Crippen LogP contribution is -2.17. The summed E-state index contributed by atoms with van der Waals surface area (Å²) in [5.41, 5.74) is 3.06. The molecule has 86 valence electrons. The number of benzene rings is 1. The molecule has 2 nitrogen and oxygen atoms in total. The number of hydrogen-bond acceptors (Lipinski definition) is 2. The van der Waals surface area contributed by atoms with Crippen molar-refractivity contribution in [2.24, 2.45) is 5.41 Å². The second-order valence-electron chi connectivity index (χ2n) is 5.13. The minimum Gasteiger partial charge on any atom is -0.353 e. The molecule has 3 rings (SSSR count). The molecule has 0 aromatic heterocycles. The summed E-state index contributed by atoms with van der Waals surface area (Å²) >= 11 is 0. The molecule has 0 bridgehead atoms. The summed E-state index contributed by atoms with van der Waals surface area (Å²) in [5, 5.41) is 0. The lowest BCUT2D eigenvalue weighted by atomic mass is 9.83. The van der Waals surface area contributed by atoms with Gasteiger partial charge in [-0.15, -0.1) is 0 Å². The van der Waals surface area contributed by atoms with Crippen LogP contribution in [0.2, 0.25) is 0 Å². The highest BCUT2D eigenvalue weighted by atomic mass is 16.7. The first-order valence-corrected chi connectivity index (χ1v) is 6.08. The Morgan fingerprint density at radius 1 is 1.44 bits per heavy atom. The van der Waals surface area contributed by atoms with Gasteiger partial charge in [-0.25, -0.2) is 0 Å². The van der Waals surface area contributed by atoms with Gasteiger partial charge in [-0.2, -0.15) is 0 Å². The summed E-state index contributed by atoms with van der Waals surface area (Å²) in [6.07, 6.45) is 2.37. The van der Waals surface area contributed by atoms with Gasteiger partial charge in [0.25, 0.3) is 0 Å². The van der Waals surface area contributed by atoms with E-state index in [1.54, 1.807) is 0 Å². The number of rotatable bonds is 2. The van der Waals surface area contributed by atoms with Crippen LogP contribution >= 0.6 is 0 Å². The van der Waals surface area contributed by atoms with Crippen LogP contribution in [0.5, 0.6) is 0 Å². The van der Waals surface area contributed by atoms with Crippen molar-refractivity contribution in [3.8, 4) is 0 Å². The minimum atomic E-state index is -0.00615. The number of ether oxygens (including phenoxy) is 2. The van der Waals surface area contributed by atoms with E-state index >= 15 is 0 Å². The van der Waals surface area contributed by atoms with Crippen molar-refractivity contribution in [1.82, 2.24) is 0 Å². The van der Waals surface area contributed by atoms with E-state index in [2.05, 4.69) is 31.2 Å². The van der Waals surface area contributed by atoms with Gasteiger partial charge in [0.1, 0.15) is 0 Å². The Kier molecular flexibility index (Phi) is 2.30. The molecular weight excluding hydrogens is 200 g/mol. The van der Waals surface area contributed by atoms with Crippen molar-refractivity contribution >= 4 is 0 Å². The van der Waals surface area contributed by atoms with E-state index in [0.717, 1.165) is 19.4 Å². The zero-order valence-corrected chi connectivity index (χ0v) is 9.90. The van der Waals surface area contributed by atoms with E-state index in [0.29, 0.717) is 0 Å². The zero-order valence-electron chi connectivity index (χ0n) is 9.90. The monoisotopic (exact) mass is 218 g/mol. The van der Waals surface area contributed by atoms with E-state index in [1.807, 2.05) is 6.92 Å². The van der Waals surface area contributed by atoms with Crippen LogP contribution in [-0.4, -0.2) is 12.9 Å². The Morgan fingerprint density at radius 3 is 3.06 bits per heavy atom. The molecule has 0 N–H and O–H groups in total. The van der Waals surface area contributed by atoms with Crippen LogP contribution in [0.25, 0.3) is 0 Å². The Balaban J connectivity index is 1.90. The van der Waals surface area contributed by atoms with Gasteiger partial charge in [0.05, 0.1) is 6.10 Å². The molecule has 0 amide bonds. The van der Waals surface area contributed by atoms with Crippen molar-refractivity contribution < 1.29 is 9.47 Å². The summed E-state index contributed by atoms with van der Waals surface area (Å²) < 4.78 is 11.6. The predicted octanol–water partition coefficient (Wildman–Crippen LogP) is 3.07. The summed E-state index contributed by atoms with van der Waals surface area (Å²) in [6, 6.07) is 8.63. The fourth-order valence-electron chi connectivity index (χ4n) is 3.14. The van der Waals surface area contributed by atoms with Gasteiger partial charge in [0, 0.05) is 18.4 Å². The normalized spacial score (nSPS) is 36.1. The van der Waals surface area contributed by atoms with Crippen LogP contribution in [-0.2, 0) is 15.9 Å². The van der Waals surface area contributed by atoms with Crippen LogP contribution in [0.15, 0.2) is 24.3 Å². The van der Waals surface area contributed by atoms with Gasteiger partial charge in [-0.3, -0.25) is 0 Å². The molecule has 1 aliphatic heterocycles. The molecule has 16 heavy (non-hydrogen) atoms. The Bertz CT molecular complexity index is 401. The minimum absolute atomic E-state index is 0.00615. The van der Waals surface area contributed by atoms with Gasteiger partial charge in [0.15, 0.2) is 6.29 Å². The van der Waals surface area contributed by atoms with Crippen molar-refractivity contribution in [2.75, 3.05) is 6.61 Å². The zero-order chi connectivity index (χ0) is 11.2. The van der Waals surface area contributed by atoms with E-state index in [1.165, 1.54) is 11.1 Å². The molecule has 0 unspecified atom stereocenters. The average molecular weight is 218 g/mol. The largest absolute Gasteiger partial charge is 0.353 e. The van der Waals surface area contributed by atoms with Gasteiger partial charge < -0.3 is 9.47 Å². The molecular formula is C14H18O2. The second-order valence-corrected chi connectivity index (χ2v) is 5.13. The molecule has 1 saturated heterocycles. The van der Waals surface area contributed by atoms with Crippen LogP contribution < -0.4 is 0 Å². The SMILES string of the molecule is CCO[C@@H]1C[C@@]2(C)Cc3ccccc3[C@H]2O1. The molecule has 2 aliphatic rings. The number of fused-ring (bicyclic) bond motifs is 3. The molecule has 2 heteroatoms. The quantitative estimate of drug-likeness (QED) is 0.759. The standard InChI is InChI=1S/C14H18O2/c1-3-15-12-9-14(2)8-10-6-4-5-7-11(10)13(14)16-12/h4-7,12-13H,3,8-9H2,1-2H3/t12-,13+,14+/m0/s1. The fourth-order valence-corrected chi connectivity index (χ4v) is 3.14. The summed E-state index contributed by atoms with van der Waals surface area (Å²) in [7, 11) is 0. The highest BCUT2D eigenvalue weighted by molar-refractivity contribution is 5.37. The van der Waals surface area contributed by atoms with E-state index < -0.39 is 0 Å².